The Bertz CT molecular complexity index is 1280. The summed E-state index contributed by atoms with van der Waals surface area (Å²) in [5, 5.41) is 19.1. The van der Waals surface area contributed by atoms with Gasteiger partial charge in [0.1, 0.15) is 11.5 Å². The first-order valence-electron chi connectivity index (χ1n) is 13.4. The summed E-state index contributed by atoms with van der Waals surface area (Å²) in [6.07, 6.45) is 10.9. The highest BCUT2D eigenvalue weighted by atomic mass is 16.5. The molecule has 0 heterocycles. The molecule has 4 aliphatic rings. The van der Waals surface area contributed by atoms with Crippen molar-refractivity contribution >= 4 is 0 Å². The van der Waals surface area contributed by atoms with E-state index in [0.717, 1.165) is 41.5 Å². The second-order valence-corrected chi connectivity index (χ2v) is 13.1. The molecule has 36 heavy (non-hydrogen) atoms. The van der Waals surface area contributed by atoms with Crippen LogP contribution in [0.4, 0.5) is 0 Å². The lowest BCUT2D eigenvalue weighted by Gasteiger charge is -2.73. The first-order valence-corrected chi connectivity index (χ1v) is 13.4. The van der Waals surface area contributed by atoms with Crippen LogP contribution in [0, 0.1) is 59.0 Å². The summed E-state index contributed by atoms with van der Waals surface area (Å²) < 4.78 is 11.3. The van der Waals surface area contributed by atoms with Crippen molar-refractivity contribution in [2.45, 2.75) is 91.4 Å². The molecule has 4 fully saturated rings. The van der Waals surface area contributed by atoms with E-state index in [-0.39, 0.29) is 27.6 Å². The zero-order valence-corrected chi connectivity index (χ0v) is 22.6. The molecule has 4 bridgehead atoms. The predicted molar refractivity (Wildman–Crippen MR) is 140 cm³/mol. The maximum absolute atomic E-state index is 9.59. The summed E-state index contributed by atoms with van der Waals surface area (Å²) in [6.45, 7) is 13.7. The van der Waals surface area contributed by atoms with Crippen LogP contribution in [0.2, 0.25) is 0 Å². The molecule has 0 aliphatic heterocycles. The van der Waals surface area contributed by atoms with Crippen molar-refractivity contribution in [3.8, 4) is 24.0 Å². The Hall–Kier alpha value is -2.98. The Morgan fingerprint density at radius 2 is 1.53 bits per heavy atom. The summed E-state index contributed by atoms with van der Waals surface area (Å²) >= 11 is 0. The Morgan fingerprint density at radius 1 is 0.889 bits per heavy atom. The normalized spacial score (nSPS) is 32.6. The van der Waals surface area contributed by atoms with Crippen molar-refractivity contribution < 1.29 is 9.47 Å². The number of hydrogen-bond acceptors (Lipinski definition) is 4. The Kier molecular flexibility index (Phi) is 5.68. The fraction of sp³-hybridized carbons (Fsp3) is 0.562. The van der Waals surface area contributed by atoms with Gasteiger partial charge in [-0.1, -0.05) is 58.4 Å². The van der Waals surface area contributed by atoms with Crippen molar-refractivity contribution in [1.82, 2.24) is 0 Å². The van der Waals surface area contributed by atoms with E-state index in [1.54, 1.807) is 0 Å². The van der Waals surface area contributed by atoms with E-state index in [1.165, 1.54) is 19.3 Å². The summed E-state index contributed by atoms with van der Waals surface area (Å²) in [7, 11) is 0. The van der Waals surface area contributed by atoms with Gasteiger partial charge in [0.2, 0.25) is 0 Å². The zero-order chi connectivity index (χ0) is 25.9. The average Bonchev–Trinajstić information content (AvgIpc) is 2.79. The molecule has 0 amide bonds. The first kappa shape index (κ1) is 24.7. The lowest BCUT2D eigenvalue weighted by atomic mass is 9.31. The fourth-order valence-corrected chi connectivity index (χ4v) is 8.86. The van der Waals surface area contributed by atoms with Gasteiger partial charge >= 0.3 is 0 Å². The third-order valence-corrected chi connectivity index (χ3v) is 10.3. The average molecular weight is 483 g/mol. The number of ether oxygens (including phenoxy) is 2. The van der Waals surface area contributed by atoms with Crippen LogP contribution in [0.5, 0.6) is 11.5 Å². The van der Waals surface area contributed by atoms with Crippen LogP contribution in [0.25, 0.3) is 0 Å². The van der Waals surface area contributed by atoms with Crippen LogP contribution in [0.1, 0.15) is 94.4 Å². The molecule has 2 aromatic carbocycles. The smallest absolute Gasteiger partial charge is 0.292 e. The van der Waals surface area contributed by atoms with E-state index in [2.05, 4.69) is 52.0 Å². The summed E-state index contributed by atoms with van der Waals surface area (Å²) in [5.74, 6) is 2.04. The van der Waals surface area contributed by atoms with E-state index in [1.807, 2.05) is 38.5 Å². The molecule has 4 saturated carbocycles. The molecule has 6 rings (SSSR count). The van der Waals surface area contributed by atoms with E-state index in [4.69, 9.17) is 9.47 Å². The maximum Gasteiger partial charge on any atom is 0.292 e. The molecule has 4 nitrogen and oxygen atoms in total. The molecule has 0 radical (unpaired) electrons. The largest absolute Gasteiger partial charge is 0.388 e. The van der Waals surface area contributed by atoms with Crippen LogP contribution in [0.3, 0.4) is 0 Å². The molecule has 0 N–H and O–H groups in total. The molecule has 188 valence electrons. The van der Waals surface area contributed by atoms with Gasteiger partial charge in [0.05, 0.1) is 0 Å². The Morgan fingerprint density at radius 3 is 2.17 bits per heavy atom. The molecule has 5 unspecified atom stereocenters. The minimum atomic E-state index is -0.203. The fourth-order valence-electron chi connectivity index (χ4n) is 8.86. The third kappa shape index (κ3) is 3.53. The van der Waals surface area contributed by atoms with Crippen LogP contribution in [-0.4, -0.2) is 0 Å². The number of nitrogens with zero attached hydrogens (tertiary/aromatic N) is 2. The summed E-state index contributed by atoms with van der Waals surface area (Å²) in [6, 6.07) is 12.8. The highest BCUT2D eigenvalue weighted by Gasteiger charge is 2.70. The molecule has 4 heteroatoms. The SMILES string of the molecule is CCC12CC3CC(C(C)(C)C)(C1)CC(c1ccc(C)cc1OC#N)(C2)C3c1ccc(C)cc1OC#N. The molecule has 0 saturated heterocycles. The molecule has 5 atom stereocenters. The quantitative estimate of drug-likeness (QED) is 0.404. The van der Waals surface area contributed by atoms with Gasteiger partial charge in [0.25, 0.3) is 12.5 Å². The van der Waals surface area contributed by atoms with Crippen molar-refractivity contribution in [1.29, 1.82) is 10.5 Å². The van der Waals surface area contributed by atoms with Crippen molar-refractivity contribution in [3.05, 3.63) is 58.7 Å². The molecular weight excluding hydrogens is 444 g/mol. The minimum Gasteiger partial charge on any atom is -0.388 e. The van der Waals surface area contributed by atoms with Crippen molar-refractivity contribution in [2.75, 3.05) is 0 Å². The predicted octanol–water partition coefficient (Wildman–Crippen LogP) is 8.08. The number of benzene rings is 2. The Labute approximate surface area is 216 Å². The van der Waals surface area contributed by atoms with Gasteiger partial charge in [0.15, 0.2) is 0 Å². The second-order valence-electron chi connectivity index (χ2n) is 13.1. The second kappa shape index (κ2) is 8.27. The summed E-state index contributed by atoms with van der Waals surface area (Å²) in [4.78, 5) is 0. The van der Waals surface area contributed by atoms with Gasteiger partial charge in [-0.25, -0.2) is 0 Å². The van der Waals surface area contributed by atoms with Gasteiger partial charge in [-0.3, -0.25) is 0 Å². The van der Waals surface area contributed by atoms with Gasteiger partial charge in [-0.2, -0.15) is 0 Å². The van der Waals surface area contributed by atoms with Crippen molar-refractivity contribution in [3.63, 3.8) is 0 Å². The van der Waals surface area contributed by atoms with Gasteiger partial charge in [-0.05, 0) is 91.4 Å². The number of aryl methyl sites for hydroxylation is 2. The minimum absolute atomic E-state index is 0.156. The zero-order valence-electron chi connectivity index (χ0n) is 22.6. The molecule has 0 spiro atoms. The number of rotatable bonds is 5. The van der Waals surface area contributed by atoms with Crippen LogP contribution < -0.4 is 9.47 Å². The summed E-state index contributed by atoms with van der Waals surface area (Å²) in [5.41, 5.74) is 4.88. The standard InChI is InChI=1S/C32H38N2O2/c1-7-30-14-23-15-31(16-30,29(4,5)6)18-32(17-30,25-11-9-22(3)13-27(25)36-20-34)28(23)24-10-8-21(2)12-26(24)35-19-33/h8-13,23,28H,7,14-18H2,1-6H3. The van der Waals surface area contributed by atoms with Crippen molar-refractivity contribution in [2.24, 2.45) is 22.2 Å². The lowest BCUT2D eigenvalue weighted by molar-refractivity contribution is -0.182. The molecule has 0 aromatic heterocycles. The van der Waals surface area contributed by atoms with Crippen LogP contribution in [0.15, 0.2) is 36.4 Å². The maximum atomic E-state index is 9.59. The van der Waals surface area contributed by atoms with Crippen LogP contribution >= 0.6 is 0 Å². The number of nitriles is 2. The van der Waals surface area contributed by atoms with E-state index in [9.17, 15) is 10.5 Å². The molecule has 4 aliphatic carbocycles. The number of hydrogen-bond donors (Lipinski definition) is 0. The van der Waals surface area contributed by atoms with Gasteiger partial charge in [0, 0.05) is 22.5 Å². The van der Waals surface area contributed by atoms with E-state index in [0.29, 0.717) is 17.4 Å². The van der Waals surface area contributed by atoms with Crippen LogP contribution in [-0.2, 0) is 5.41 Å². The van der Waals surface area contributed by atoms with E-state index >= 15 is 0 Å². The van der Waals surface area contributed by atoms with E-state index < -0.39 is 0 Å². The Balaban J connectivity index is 1.82. The lowest BCUT2D eigenvalue weighted by Crippen LogP contribution is -2.65. The third-order valence-electron chi connectivity index (χ3n) is 10.3. The topological polar surface area (TPSA) is 66.0 Å². The highest BCUT2D eigenvalue weighted by Crippen LogP contribution is 2.78. The van der Waals surface area contributed by atoms with Gasteiger partial charge < -0.3 is 9.47 Å². The molecule has 2 aromatic rings. The highest BCUT2D eigenvalue weighted by molar-refractivity contribution is 5.52. The van der Waals surface area contributed by atoms with Gasteiger partial charge in [-0.15, -0.1) is 10.5 Å². The monoisotopic (exact) mass is 482 g/mol. The first-order chi connectivity index (χ1) is 17.0. The molecular formula is C32H38N2O2.